The number of hydrogen-bond acceptors (Lipinski definition) is 6. The molecule has 2 aliphatic heterocycles. The zero-order chi connectivity index (χ0) is 34.1. The second-order valence-electron chi connectivity index (χ2n) is 12.2. The summed E-state index contributed by atoms with van der Waals surface area (Å²) >= 11 is 0. The molecule has 6 rings (SSSR count). The Hall–Kier alpha value is -4.94. The SMILES string of the molecule is C=CC(=O)N1CC2CN(C(F)F)c3c(c4cc(F)c(-c5c(O)cccc5F)c(F)c4n(-c4c(C)ccnc4C(C)C)c3=O)N2CC1C. The maximum atomic E-state index is 17.2. The van der Waals surface area contributed by atoms with Gasteiger partial charge >= 0.3 is 6.55 Å². The van der Waals surface area contributed by atoms with Gasteiger partial charge in [0.15, 0.2) is 5.82 Å². The first-order chi connectivity index (χ1) is 22.3. The Bertz CT molecular complexity index is 1990. The van der Waals surface area contributed by atoms with Gasteiger partial charge in [0.2, 0.25) is 5.91 Å². The molecule has 4 aromatic rings. The van der Waals surface area contributed by atoms with Gasteiger partial charge in [0.25, 0.3) is 5.56 Å². The number of alkyl halides is 2. The van der Waals surface area contributed by atoms with Crippen molar-refractivity contribution in [1.82, 2.24) is 14.5 Å². The molecule has 2 unspecified atom stereocenters. The summed E-state index contributed by atoms with van der Waals surface area (Å²) in [5.41, 5.74) is -2.91. The number of hydrogen-bond donors (Lipinski definition) is 1. The van der Waals surface area contributed by atoms with E-state index >= 15 is 13.2 Å². The highest BCUT2D eigenvalue weighted by atomic mass is 19.3. The fourth-order valence-electron chi connectivity index (χ4n) is 6.87. The van der Waals surface area contributed by atoms with E-state index in [9.17, 15) is 23.5 Å². The number of benzene rings is 2. The standard InChI is InChI=1S/C34H32F5N5O3/c1-6-24(46)41-14-19-15-43(34(38)39)32-31(42(19)13-18(41)5)20-12-22(36)26(25-21(35)8-7-9-23(25)45)27(37)30(20)44(33(32)47)29-17(4)10-11-40-28(29)16(2)3/h6-12,16,18-19,34,45H,1,13-15H2,2-5H3. The van der Waals surface area contributed by atoms with Gasteiger partial charge in [-0.2, -0.15) is 8.78 Å². The van der Waals surface area contributed by atoms with Crippen molar-refractivity contribution in [3.63, 3.8) is 0 Å². The van der Waals surface area contributed by atoms with Crippen molar-refractivity contribution < 1.29 is 31.9 Å². The van der Waals surface area contributed by atoms with Crippen molar-refractivity contribution in [3.05, 3.63) is 88.2 Å². The molecule has 0 saturated carbocycles. The number of aromatic hydroxyl groups is 1. The van der Waals surface area contributed by atoms with E-state index < -0.39 is 75.6 Å². The molecule has 1 N–H and O–H groups in total. The van der Waals surface area contributed by atoms with Gasteiger partial charge in [-0.05, 0) is 55.7 Å². The molecule has 47 heavy (non-hydrogen) atoms. The van der Waals surface area contributed by atoms with Crippen molar-refractivity contribution in [2.24, 2.45) is 0 Å². The van der Waals surface area contributed by atoms with Gasteiger partial charge in [-0.25, -0.2) is 13.2 Å². The summed E-state index contributed by atoms with van der Waals surface area (Å²) in [5, 5.41) is 10.3. The summed E-state index contributed by atoms with van der Waals surface area (Å²) in [5.74, 6) is -5.25. The minimum Gasteiger partial charge on any atom is -0.507 e. The van der Waals surface area contributed by atoms with Gasteiger partial charge < -0.3 is 19.8 Å². The van der Waals surface area contributed by atoms with E-state index in [0.29, 0.717) is 16.2 Å². The lowest BCUT2D eigenvalue weighted by Gasteiger charge is -2.51. The minimum absolute atomic E-state index is 0.0232. The molecule has 2 aliphatic rings. The Kier molecular flexibility index (Phi) is 7.97. The van der Waals surface area contributed by atoms with Crippen LogP contribution in [0.25, 0.3) is 27.7 Å². The van der Waals surface area contributed by atoms with Crippen LogP contribution in [-0.4, -0.2) is 63.7 Å². The molecular formula is C34H32F5N5O3. The Labute approximate surface area is 267 Å². The predicted octanol–water partition coefficient (Wildman–Crippen LogP) is 6.24. The van der Waals surface area contributed by atoms with Crippen LogP contribution < -0.4 is 15.4 Å². The van der Waals surface area contributed by atoms with Gasteiger partial charge in [0.05, 0.1) is 39.8 Å². The number of aromatic nitrogens is 2. The summed E-state index contributed by atoms with van der Waals surface area (Å²) in [6, 6.07) is 4.34. The number of halogens is 5. The van der Waals surface area contributed by atoms with E-state index in [0.717, 1.165) is 28.8 Å². The molecule has 246 valence electrons. The second kappa shape index (κ2) is 11.7. The lowest BCUT2D eigenvalue weighted by atomic mass is 9.95. The molecule has 0 bridgehead atoms. The zero-order valence-electron chi connectivity index (χ0n) is 26.1. The van der Waals surface area contributed by atoms with Crippen molar-refractivity contribution in [2.75, 3.05) is 29.4 Å². The first-order valence-corrected chi connectivity index (χ1v) is 15.1. The summed E-state index contributed by atoms with van der Waals surface area (Å²) in [6.45, 7) is 6.94. The molecule has 1 fully saturated rings. The smallest absolute Gasteiger partial charge is 0.315 e. The maximum absolute atomic E-state index is 17.2. The molecule has 1 saturated heterocycles. The van der Waals surface area contributed by atoms with Crippen molar-refractivity contribution >= 4 is 28.2 Å². The number of carbonyl (C=O) groups excluding carboxylic acids is 1. The number of rotatable bonds is 5. The minimum atomic E-state index is -3.19. The highest BCUT2D eigenvalue weighted by Crippen LogP contribution is 2.46. The topological polar surface area (TPSA) is 81.9 Å². The van der Waals surface area contributed by atoms with E-state index in [1.165, 1.54) is 17.2 Å². The van der Waals surface area contributed by atoms with Crippen LogP contribution >= 0.6 is 0 Å². The molecule has 0 aliphatic carbocycles. The van der Waals surface area contributed by atoms with Gasteiger partial charge in [0.1, 0.15) is 23.1 Å². The average Bonchev–Trinajstić information content (AvgIpc) is 3.01. The highest BCUT2D eigenvalue weighted by Gasteiger charge is 2.44. The number of anilines is 2. The number of phenols is 1. The van der Waals surface area contributed by atoms with E-state index in [-0.39, 0.29) is 42.3 Å². The number of phenolic OH excluding ortho intramolecular Hbond substituents is 1. The highest BCUT2D eigenvalue weighted by molar-refractivity contribution is 6.03. The Morgan fingerprint density at radius 1 is 1.04 bits per heavy atom. The molecule has 2 aromatic heterocycles. The van der Waals surface area contributed by atoms with Crippen molar-refractivity contribution in [1.29, 1.82) is 0 Å². The summed E-state index contributed by atoms with van der Waals surface area (Å²) < 4.78 is 79.3. The summed E-state index contributed by atoms with van der Waals surface area (Å²) in [6.07, 6.45) is 2.62. The molecule has 2 aromatic carbocycles. The molecule has 0 spiro atoms. The predicted molar refractivity (Wildman–Crippen MR) is 169 cm³/mol. The molecule has 4 heterocycles. The fraction of sp³-hybridized carbons (Fsp3) is 0.324. The van der Waals surface area contributed by atoms with Gasteiger partial charge in [-0.3, -0.25) is 19.1 Å². The van der Waals surface area contributed by atoms with Crippen LogP contribution in [0.4, 0.5) is 33.3 Å². The van der Waals surface area contributed by atoms with E-state index in [1.807, 2.05) is 0 Å². The number of amides is 1. The summed E-state index contributed by atoms with van der Waals surface area (Å²) in [4.78, 5) is 35.5. The van der Waals surface area contributed by atoms with Crippen LogP contribution in [0.5, 0.6) is 5.75 Å². The Morgan fingerprint density at radius 3 is 2.40 bits per heavy atom. The van der Waals surface area contributed by atoms with Gasteiger partial charge in [-0.1, -0.05) is 26.5 Å². The average molecular weight is 654 g/mol. The summed E-state index contributed by atoms with van der Waals surface area (Å²) in [7, 11) is 0. The third kappa shape index (κ3) is 4.90. The number of carbonyl (C=O) groups is 1. The number of fused-ring (bicyclic) bond motifs is 5. The Morgan fingerprint density at radius 2 is 1.77 bits per heavy atom. The van der Waals surface area contributed by atoms with E-state index in [1.54, 1.807) is 38.7 Å². The monoisotopic (exact) mass is 653 g/mol. The van der Waals surface area contributed by atoms with Gasteiger partial charge in [-0.15, -0.1) is 0 Å². The molecule has 2 atom stereocenters. The molecule has 0 radical (unpaired) electrons. The second-order valence-corrected chi connectivity index (χ2v) is 12.2. The first kappa shape index (κ1) is 32.0. The number of pyridine rings is 2. The number of piperazine rings is 1. The van der Waals surface area contributed by atoms with E-state index in [2.05, 4.69) is 11.6 Å². The van der Waals surface area contributed by atoms with Crippen LogP contribution in [0.3, 0.4) is 0 Å². The quantitative estimate of drug-likeness (QED) is 0.156. The lowest BCUT2D eigenvalue weighted by molar-refractivity contribution is -0.128. The third-order valence-electron chi connectivity index (χ3n) is 8.98. The van der Waals surface area contributed by atoms with Crippen LogP contribution in [-0.2, 0) is 4.79 Å². The van der Waals surface area contributed by atoms with Gasteiger partial charge in [0, 0.05) is 37.3 Å². The van der Waals surface area contributed by atoms with E-state index in [4.69, 9.17) is 0 Å². The fourth-order valence-corrected chi connectivity index (χ4v) is 6.87. The number of aryl methyl sites for hydroxylation is 1. The normalized spacial score (nSPS) is 17.8. The van der Waals surface area contributed by atoms with Crippen LogP contribution in [0.1, 0.15) is 37.9 Å². The van der Waals surface area contributed by atoms with Crippen LogP contribution in [0.2, 0.25) is 0 Å². The van der Waals surface area contributed by atoms with Crippen molar-refractivity contribution in [3.8, 4) is 22.6 Å². The largest absolute Gasteiger partial charge is 0.507 e. The van der Waals surface area contributed by atoms with Crippen LogP contribution in [0.15, 0.2) is 54.0 Å². The zero-order valence-corrected chi connectivity index (χ0v) is 26.1. The first-order valence-electron chi connectivity index (χ1n) is 15.1. The van der Waals surface area contributed by atoms with Crippen molar-refractivity contribution in [2.45, 2.75) is 52.2 Å². The molecule has 8 nitrogen and oxygen atoms in total. The Balaban J connectivity index is 1.80. The maximum Gasteiger partial charge on any atom is 0.315 e. The molecule has 13 heteroatoms. The molecular weight excluding hydrogens is 621 g/mol. The molecule has 1 amide bonds. The number of nitrogens with zero attached hydrogens (tertiary/aromatic N) is 5. The lowest BCUT2D eigenvalue weighted by Crippen LogP contribution is -2.65. The third-order valence-corrected chi connectivity index (χ3v) is 8.98. The van der Waals surface area contributed by atoms with Crippen LogP contribution in [0, 0.1) is 24.4 Å².